The number of benzene rings is 6. The van der Waals surface area contributed by atoms with E-state index in [-0.39, 0.29) is 39.6 Å². The lowest BCUT2D eigenvalue weighted by atomic mass is 9.98. The van der Waals surface area contributed by atoms with E-state index >= 15 is 8.42 Å². The SMILES string of the molecule is CO[C@H]1O[C@H](CS(=O)(=O)C[C@H]2O[C@H](OC)[C@H](OCc3ccccc3)[C@@H](OCc3ccccc3)[C@H]2OCc2ccccc2)[C@@H](OCc2ccccc2)[C@H](OCc2ccccc2)[C@@H]1OCc1ccccc1. The number of methoxy groups -OCH3 is 2. The van der Waals surface area contributed by atoms with Gasteiger partial charge in [-0.3, -0.25) is 0 Å². The summed E-state index contributed by atoms with van der Waals surface area (Å²) in [6.45, 7) is 1.15. The fourth-order valence-corrected chi connectivity index (χ4v) is 10.4. The van der Waals surface area contributed by atoms with Gasteiger partial charge in [0.25, 0.3) is 0 Å². The van der Waals surface area contributed by atoms with Crippen LogP contribution in [0.3, 0.4) is 0 Å². The number of sulfone groups is 1. The van der Waals surface area contributed by atoms with Crippen molar-refractivity contribution in [3.63, 3.8) is 0 Å². The molecular formula is C56H62O12S. The average molecular weight is 959 g/mol. The van der Waals surface area contributed by atoms with E-state index in [1.807, 2.05) is 182 Å². The maximum Gasteiger partial charge on any atom is 0.186 e. The summed E-state index contributed by atoms with van der Waals surface area (Å²) in [4.78, 5) is 0. The monoisotopic (exact) mass is 958 g/mol. The third-order valence-electron chi connectivity index (χ3n) is 12.2. The zero-order valence-corrected chi connectivity index (χ0v) is 39.9. The van der Waals surface area contributed by atoms with E-state index in [1.165, 1.54) is 14.2 Å². The van der Waals surface area contributed by atoms with Gasteiger partial charge in [0.1, 0.15) is 48.8 Å². The molecule has 2 aliphatic heterocycles. The first-order chi connectivity index (χ1) is 33.9. The largest absolute Gasteiger partial charge is 0.368 e. The summed E-state index contributed by atoms with van der Waals surface area (Å²) >= 11 is 0. The predicted molar refractivity (Wildman–Crippen MR) is 260 cm³/mol. The van der Waals surface area contributed by atoms with Gasteiger partial charge in [0, 0.05) is 14.2 Å². The summed E-state index contributed by atoms with van der Waals surface area (Å²) in [5.74, 6) is -0.954. The van der Waals surface area contributed by atoms with E-state index in [9.17, 15) is 0 Å². The molecule has 0 saturated carbocycles. The van der Waals surface area contributed by atoms with Gasteiger partial charge in [-0.15, -0.1) is 0 Å². The van der Waals surface area contributed by atoms with E-state index in [4.69, 9.17) is 47.4 Å². The number of rotatable bonds is 24. The van der Waals surface area contributed by atoms with Crippen LogP contribution in [0.2, 0.25) is 0 Å². The Bertz CT molecular complexity index is 2300. The first-order valence-corrected chi connectivity index (χ1v) is 25.2. The van der Waals surface area contributed by atoms with Crippen LogP contribution in [0.25, 0.3) is 0 Å². The zero-order chi connectivity index (χ0) is 47.7. The molecule has 0 N–H and O–H groups in total. The fourth-order valence-electron chi connectivity index (χ4n) is 8.71. The van der Waals surface area contributed by atoms with Crippen LogP contribution >= 0.6 is 0 Å². The summed E-state index contributed by atoms with van der Waals surface area (Å²) in [7, 11) is -1.10. The third-order valence-corrected chi connectivity index (χ3v) is 13.9. The molecule has 2 saturated heterocycles. The highest BCUT2D eigenvalue weighted by Crippen LogP contribution is 2.35. The maximum absolute atomic E-state index is 15.1. The minimum Gasteiger partial charge on any atom is -0.368 e. The van der Waals surface area contributed by atoms with Gasteiger partial charge in [0.2, 0.25) is 0 Å². The molecule has 6 aromatic rings. The van der Waals surface area contributed by atoms with Gasteiger partial charge in [-0.2, -0.15) is 0 Å². The van der Waals surface area contributed by atoms with E-state index < -0.39 is 82.8 Å². The Hall–Kier alpha value is -5.13. The molecule has 69 heavy (non-hydrogen) atoms. The predicted octanol–water partition coefficient (Wildman–Crippen LogP) is 8.66. The molecule has 0 aliphatic carbocycles. The first-order valence-electron chi connectivity index (χ1n) is 23.4. The maximum atomic E-state index is 15.1. The van der Waals surface area contributed by atoms with E-state index in [0.717, 1.165) is 33.4 Å². The molecule has 2 heterocycles. The molecule has 2 fully saturated rings. The Morgan fingerprint density at radius 2 is 0.551 bits per heavy atom. The topological polar surface area (TPSA) is 126 Å². The molecule has 0 bridgehead atoms. The van der Waals surface area contributed by atoms with E-state index in [0.29, 0.717) is 0 Å². The van der Waals surface area contributed by atoms with E-state index in [2.05, 4.69) is 0 Å². The highest BCUT2D eigenvalue weighted by Gasteiger charge is 2.53. The number of hydrogen-bond donors (Lipinski definition) is 0. The third kappa shape index (κ3) is 14.5. The summed E-state index contributed by atoms with van der Waals surface area (Å²) in [6, 6.07) is 58.4. The van der Waals surface area contributed by atoms with Crippen LogP contribution in [0.5, 0.6) is 0 Å². The smallest absolute Gasteiger partial charge is 0.186 e. The van der Waals surface area contributed by atoms with Gasteiger partial charge < -0.3 is 47.4 Å². The van der Waals surface area contributed by atoms with Crippen LogP contribution in [0.1, 0.15) is 33.4 Å². The first kappa shape index (κ1) is 50.3. The van der Waals surface area contributed by atoms with Crippen molar-refractivity contribution >= 4 is 9.84 Å². The fraction of sp³-hybridized carbons (Fsp3) is 0.357. The second kappa shape index (κ2) is 25.6. The molecule has 10 atom stereocenters. The van der Waals surface area contributed by atoms with Gasteiger partial charge in [0.05, 0.1) is 51.1 Å². The van der Waals surface area contributed by atoms with Crippen LogP contribution < -0.4 is 0 Å². The van der Waals surface area contributed by atoms with Gasteiger partial charge in [0.15, 0.2) is 22.4 Å². The van der Waals surface area contributed by atoms with Crippen LogP contribution in [0.4, 0.5) is 0 Å². The van der Waals surface area contributed by atoms with Crippen molar-refractivity contribution in [1.82, 2.24) is 0 Å². The Morgan fingerprint density at radius 1 is 0.333 bits per heavy atom. The quantitative estimate of drug-likeness (QED) is 0.0577. The van der Waals surface area contributed by atoms with Crippen molar-refractivity contribution in [1.29, 1.82) is 0 Å². The minimum absolute atomic E-state index is 0.154. The van der Waals surface area contributed by atoms with E-state index in [1.54, 1.807) is 0 Å². The Balaban J connectivity index is 1.10. The highest BCUT2D eigenvalue weighted by atomic mass is 32.2. The summed E-state index contributed by atoms with van der Waals surface area (Å²) in [5, 5.41) is 0. The lowest BCUT2D eigenvalue weighted by Gasteiger charge is -2.46. The summed E-state index contributed by atoms with van der Waals surface area (Å²) < 4.78 is 95.6. The molecule has 12 nitrogen and oxygen atoms in total. The van der Waals surface area contributed by atoms with Crippen LogP contribution in [-0.2, 0) is 96.8 Å². The Morgan fingerprint density at radius 3 is 0.783 bits per heavy atom. The molecule has 13 heteroatoms. The molecule has 364 valence electrons. The molecule has 0 aromatic heterocycles. The highest BCUT2D eigenvalue weighted by molar-refractivity contribution is 7.91. The van der Waals surface area contributed by atoms with Gasteiger partial charge in [-0.25, -0.2) is 8.42 Å². The van der Waals surface area contributed by atoms with Crippen LogP contribution in [0.15, 0.2) is 182 Å². The van der Waals surface area contributed by atoms with Gasteiger partial charge >= 0.3 is 0 Å². The Labute approximate surface area is 406 Å². The lowest BCUT2D eigenvalue weighted by molar-refractivity contribution is -0.315. The second-order valence-electron chi connectivity index (χ2n) is 17.2. The Kier molecular flexibility index (Phi) is 18.7. The van der Waals surface area contributed by atoms with Crippen LogP contribution in [0, 0.1) is 0 Å². The molecule has 6 aromatic carbocycles. The lowest BCUT2D eigenvalue weighted by Crippen LogP contribution is -2.63. The van der Waals surface area contributed by atoms with Crippen molar-refractivity contribution in [2.45, 2.75) is 101 Å². The molecule has 2 aliphatic rings. The van der Waals surface area contributed by atoms with Crippen molar-refractivity contribution in [2.75, 3.05) is 25.7 Å². The van der Waals surface area contributed by atoms with Crippen molar-refractivity contribution in [3.8, 4) is 0 Å². The van der Waals surface area contributed by atoms with Gasteiger partial charge in [-0.05, 0) is 33.4 Å². The van der Waals surface area contributed by atoms with Crippen LogP contribution in [-0.4, -0.2) is 95.6 Å². The van der Waals surface area contributed by atoms with Gasteiger partial charge in [-0.1, -0.05) is 182 Å². The average Bonchev–Trinajstić information content (AvgIpc) is 3.39. The molecule has 8 rings (SSSR count). The zero-order valence-electron chi connectivity index (χ0n) is 39.1. The molecule has 0 amide bonds. The standard InChI is InChI=1S/C56H62O12S/c1-59-55-53(65-37-45-29-17-7-18-30-45)51(63-35-43-25-13-5-14-26-43)49(61-33-41-21-9-3-10-22-41)47(67-55)39-69(57,58)40-48-50(62-34-42-23-11-4-12-24-42)52(64-36-44-27-15-6-16-28-44)54(56(60-2)68-48)66-38-46-31-19-8-20-32-46/h3-32,47-56H,33-40H2,1-2H3/t47-,48-,49-,50+,51+,52+,53+,54-,55+,56+/m1/s1. The molecule has 0 unspecified atom stereocenters. The van der Waals surface area contributed by atoms with Crippen molar-refractivity contribution in [3.05, 3.63) is 215 Å². The van der Waals surface area contributed by atoms with Crippen molar-refractivity contribution in [2.24, 2.45) is 0 Å². The number of ether oxygens (including phenoxy) is 10. The normalized spacial score (nSPS) is 25.0. The summed E-state index contributed by atoms with van der Waals surface area (Å²) in [5.41, 5.74) is 5.49. The molecule has 0 radical (unpaired) electrons. The summed E-state index contributed by atoms with van der Waals surface area (Å²) in [6.07, 6.45) is -9.33. The molecular weight excluding hydrogens is 897 g/mol. The minimum atomic E-state index is -4.12. The number of hydrogen-bond acceptors (Lipinski definition) is 12. The van der Waals surface area contributed by atoms with Crippen molar-refractivity contribution < 1.29 is 55.8 Å². The molecule has 0 spiro atoms. The second-order valence-corrected chi connectivity index (χ2v) is 19.4.